The van der Waals surface area contributed by atoms with E-state index in [4.69, 9.17) is 16.3 Å². The molecule has 0 radical (unpaired) electrons. The normalized spacial score (nSPS) is 10.5. The van der Waals surface area contributed by atoms with Gasteiger partial charge in [-0.3, -0.25) is 0 Å². The molecule has 2 aromatic carbocycles. The second kappa shape index (κ2) is 6.55. The van der Waals surface area contributed by atoms with Gasteiger partial charge in [0.05, 0.1) is 5.02 Å². The van der Waals surface area contributed by atoms with E-state index in [2.05, 4.69) is 5.32 Å². The van der Waals surface area contributed by atoms with Gasteiger partial charge >= 0.3 is 0 Å². The number of rotatable bonds is 5. The van der Waals surface area contributed by atoms with Gasteiger partial charge in [0.1, 0.15) is 18.2 Å². The van der Waals surface area contributed by atoms with Crippen LogP contribution in [0.3, 0.4) is 0 Å². The average Bonchev–Trinajstić information content (AvgIpc) is 2.41. The molecule has 0 atom stereocenters. The molecular formula is C15H15ClFNO. The first kappa shape index (κ1) is 13.8. The molecule has 1 N–H and O–H groups in total. The molecule has 0 amide bonds. The van der Waals surface area contributed by atoms with E-state index in [9.17, 15) is 4.39 Å². The van der Waals surface area contributed by atoms with Crippen molar-refractivity contribution in [2.24, 2.45) is 0 Å². The van der Waals surface area contributed by atoms with Gasteiger partial charge in [0.25, 0.3) is 0 Å². The summed E-state index contributed by atoms with van der Waals surface area (Å²) in [6.07, 6.45) is 0. The molecule has 0 unspecified atom stereocenters. The van der Waals surface area contributed by atoms with Crippen molar-refractivity contribution in [1.82, 2.24) is 5.32 Å². The smallest absolute Gasteiger partial charge is 0.141 e. The molecule has 0 spiro atoms. The predicted molar refractivity (Wildman–Crippen MR) is 74.9 cm³/mol. The minimum Gasteiger partial charge on any atom is -0.489 e. The van der Waals surface area contributed by atoms with Crippen LogP contribution in [0.2, 0.25) is 5.02 Å². The second-order valence-corrected chi connectivity index (χ2v) is 4.62. The van der Waals surface area contributed by atoms with Gasteiger partial charge in [-0.25, -0.2) is 4.39 Å². The summed E-state index contributed by atoms with van der Waals surface area (Å²) in [4.78, 5) is 0. The molecule has 2 rings (SSSR count). The zero-order valence-electron chi connectivity index (χ0n) is 10.6. The summed E-state index contributed by atoms with van der Waals surface area (Å²) in [5, 5.41) is 3.20. The van der Waals surface area contributed by atoms with Gasteiger partial charge in [-0.05, 0) is 42.4 Å². The van der Waals surface area contributed by atoms with Gasteiger partial charge in [-0.15, -0.1) is 0 Å². The Balaban J connectivity index is 2.01. The molecule has 0 saturated carbocycles. The summed E-state index contributed by atoms with van der Waals surface area (Å²) >= 11 is 5.72. The first-order chi connectivity index (χ1) is 9.19. The van der Waals surface area contributed by atoms with Crippen molar-refractivity contribution in [3.05, 3.63) is 64.4 Å². The van der Waals surface area contributed by atoms with Gasteiger partial charge < -0.3 is 10.1 Å². The molecule has 0 aliphatic carbocycles. The number of hydrogen-bond acceptors (Lipinski definition) is 2. The summed E-state index contributed by atoms with van der Waals surface area (Å²) in [5.74, 6) is 0.370. The first-order valence-electron chi connectivity index (χ1n) is 5.99. The number of benzene rings is 2. The highest BCUT2D eigenvalue weighted by molar-refractivity contribution is 6.30. The molecule has 0 aliphatic heterocycles. The van der Waals surface area contributed by atoms with Crippen molar-refractivity contribution in [2.45, 2.75) is 13.2 Å². The van der Waals surface area contributed by atoms with E-state index in [1.54, 1.807) is 12.1 Å². The predicted octanol–water partition coefficient (Wildman–Crippen LogP) is 3.78. The zero-order valence-corrected chi connectivity index (χ0v) is 11.4. The van der Waals surface area contributed by atoms with Crippen LogP contribution < -0.4 is 10.1 Å². The van der Waals surface area contributed by atoms with Gasteiger partial charge in [0.2, 0.25) is 0 Å². The molecule has 2 nitrogen and oxygen atoms in total. The third-order valence-corrected chi connectivity index (χ3v) is 2.96. The Bertz CT molecular complexity index is 560. The Labute approximate surface area is 117 Å². The van der Waals surface area contributed by atoms with Gasteiger partial charge in [0.15, 0.2) is 0 Å². The third kappa shape index (κ3) is 3.94. The van der Waals surface area contributed by atoms with Crippen molar-refractivity contribution < 1.29 is 9.13 Å². The largest absolute Gasteiger partial charge is 0.489 e. The molecule has 0 saturated heterocycles. The number of halogens is 2. The minimum atomic E-state index is -0.415. The lowest BCUT2D eigenvalue weighted by molar-refractivity contribution is 0.305. The maximum absolute atomic E-state index is 13.0. The molecule has 100 valence electrons. The van der Waals surface area contributed by atoms with Crippen molar-refractivity contribution in [3.8, 4) is 5.75 Å². The highest BCUT2D eigenvalue weighted by Gasteiger charge is 2.02. The molecule has 2 aromatic rings. The lowest BCUT2D eigenvalue weighted by Crippen LogP contribution is -2.05. The van der Waals surface area contributed by atoms with Gasteiger partial charge in [0, 0.05) is 6.54 Å². The van der Waals surface area contributed by atoms with Crippen LogP contribution in [0.1, 0.15) is 11.1 Å². The Kier molecular flexibility index (Phi) is 4.77. The molecule has 0 aliphatic rings. The fourth-order valence-corrected chi connectivity index (χ4v) is 1.95. The van der Waals surface area contributed by atoms with E-state index < -0.39 is 5.82 Å². The van der Waals surface area contributed by atoms with Crippen LogP contribution in [0.5, 0.6) is 5.75 Å². The van der Waals surface area contributed by atoms with E-state index in [1.807, 2.05) is 31.3 Å². The first-order valence-corrected chi connectivity index (χ1v) is 6.37. The van der Waals surface area contributed by atoms with Crippen LogP contribution >= 0.6 is 11.6 Å². The van der Waals surface area contributed by atoms with Crippen molar-refractivity contribution in [3.63, 3.8) is 0 Å². The average molecular weight is 280 g/mol. The number of nitrogens with one attached hydrogen (secondary N) is 1. The molecule has 19 heavy (non-hydrogen) atoms. The fraction of sp³-hybridized carbons (Fsp3) is 0.200. The molecule has 0 aromatic heterocycles. The van der Waals surface area contributed by atoms with E-state index in [-0.39, 0.29) is 5.02 Å². The van der Waals surface area contributed by atoms with Crippen LogP contribution in [-0.2, 0) is 13.2 Å². The zero-order chi connectivity index (χ0) is 13.7. The van der Waals surface area contributed by atoms with E-state index in [1.165, 1.54) is 6.07 Å². The highest BCUT2D eigenvalue weighted by atomic mass is 35.5. The highest BCUT2D eigenvalue weighted by Crippen LogP contribution is 2.19. The molecule has 4 heteroatoms. The monoisotopic (exact) mass is 279 g/mol. The Morgan fingerprint density at radius 2 is 2.00 bits per heavy atom. The summed E-state index contributed by atoms with van der Waals surface area (Å²) in [5.41, 5.74) is 1.99. The van der Waals surface area contributed by atoms with Crippen LogP contribution in [0, 0.1) is 5.82 Å². The van der Waals surface area contributed by atoms with Gasteiger partial charge in [-0.2, -0.15) is 0 Å². The topological polar surface area (TPSA) is 21.3 Å². The van der Waals surface area contributed by atoms with Crippen LogP contribution in [0.15, 0.2) is 42.5 Å². The Morgan fingerprint density at radius 1 is 1.16 bits per heavy atom. The third-order valence-electron chi connectivity index (χ3n) is 2.67. The summed E-state index contributed by atoms with van der Waals surface area (Å²) < 4.78 is 18.7. The maximum Gasteiger partial charge on any atom is 0.141 e. The van der Waals surface area contributed by atoms with E-state index >= 15 is 0 Å². The van der Waals surface area contributed by atoms with Crippen molar-refractivity contribution in [2.75, 3.05) is 7.05 Å². The lowest BCUT2D eigenvalue weighted by atomic mass is 10.2. The maximum atomic E-state index is 13.0. The molecule has 0 bridgehead atoms. The SMILES string of the molecule is CNCc1cccc(OCc2ccc(F)c(Cl)c2)c1. The quantitative estimate of drug-likeness (QED) is 0.899. The van der Waals surface area contributed by atoms with Crippen LogP contribution in [0.4, 0.5) is 4.39 Å². The van der Waals surface area contributed by atoms with Crippen LogP contribution in [0.25, 0.3) is 0 Å². The summed E-state index contributed by atoms with van der Waals surface area (Å²) in [6.45, 7) is 1.16. The fourth-order valence-electron chi connectivity index (χ4n) is 1.75. The molecular weight excluding hydrogens is 265 g/mol. The Hall–Kier alpha value is -1.58. The lowest BCUT2D eigenvalue weighted by Gasteiger charge is -2.08. The van der Waals surface area contributed by atoms with Crippen molar-refractivity contribution >= 4 is 11.6 Å². The van der Waals surface area contributed by atoms with E-state index in [0.717, 1.165) is 23.4 Å². The standard InChI is InChI=1S/C15H15ClFNO/c1-18-9-11-3-2-4-13(7-11)19-10-12-5-6-15(17)14(16)8-12/h2-8,18H,9-10H2,1H3. The molecule has 0 fully saturated rings. The summed E-state index contributed by atoms with van der Waals surface area (Å²) in [7, 11) is 1.90. The van der Waals surface area contributed by atoms with Crippen molar-refractivity contribution in [1.29, 1.82) is 0 Å². The molecule has 0 heterocycles. The van der Waals surface area contributed by atoms with E-state index in [0.29, 0.717) is 6.61 Å². The minimum absolute atomic E-state index is 0.116. The van der Waals surface area contributed by atoms with Gasteiger partial charge in [-0.1, -0.05) is 29.8 Å². The second-order valence-electron chi connectivity index (χ2n) is 4.21. The number of hydrogen-bond donors (Lipinski definition) is 1. The number of ether oxygens (including phenoxy) is 1. The summed E-state index contributed by atoms with van der Waals surface area (Å²) in [6, 6.07) is 12.4. The van der Waals surface area contributed by atoms with Crippen LogP contribution in [-0.4, -0.2) is 7.05 Å². The Morgan fingerprint density at radius 3 is 2.74 bits per heavy atom.